The van der Waals surface area contributed by atoms with E-state index in [0.29, 0.717) is 5.56 Å². The zero-order chi connectivity index (χ0) is 35.4. The third-order valence-corrected chi connectivity index (χ3v) is 8.16. The van der Waals surface area contributed by atoms with Gasteiger partial charge in [0.25, 0.3) is 20.2 Å². The number of fused-ring (bicyclic) bond motifs is 1. The maximum atomic E-state index is 12.3. The molecule has 0 heterocycles. The highest BCUT2D eigenvalue weighted by molar-refractivity contribution is 7.86. The Bertz CT molecular complexity index is 2190. The van der Waals surface area contributed by atoms with Gasteiger partial charge in [-0.1, -0.05) is 11.6 Å². The molecule has 0 atom stereocenters. The lowest BCUT2D eigenvalue weighted by Crippen LogP contribution is -2.04. The summed E-state index contributed by atoms with van der Waals surface area (Å²) in [6, 6.07) is 9.32. The van der Waals surface area contributed by atoms with Gasteiger partial charge >= 0.3 is 5.97 Å². The molecule has 4 aromatic rings. The highest BCUT2D eigenvalue weighted by Crippen LogP contribution is 2.45. The predicted molar refractivity (Wildman–Crippen MR) is 168 cm³/mol. The fourth-order valence-corrected chi connectivity index (χ4v) is 5.55. The van der Waals surface area contributed by atoms with Crippen molar-refractivity contribution < 1.29 is 60.6 Å². The molecule has 254 valence electrons. The number of ether oxygens (including phenoxy) is 2. The summed E-state index contributed by atoms with van der Waals surface area (Å²) in [6.07, 6.45) is 0. The van der Waals surface area contributed by atoms with E-state index in [1.165, 1.54) is 24.3 Å². The predicted octanol–water partition coefficient (Wildman–Crippen LogP) is 4.20. The van der Waals surface area contributed by atoms with Crippen LogP contribution in [0.25, 0.3) is 10.8 Å². The number of phenols is 1. The molecule has 4 rings (SSSR count). The maximum absolute atomic E-state index is 12.3. The molecule has 20 heteroatoms. The largest absolute Gasteiger partial charge is 0.505 e. The van der Waals surface area contributed by atoms with Gasteiger partial charge in [-0.15, -0.1) is 20.5 Å². The van der Waals surface area contributed by atoms with Crippen LogP contribution in [0.3, 0.4) is 0 Å². The molecule has 0 aromatic heterocycles. The van der Waals surface area contributed by atoms with Crippen LogP contribution >= 0.6 is 0 Å². The number of benzene rings is 4. The van der Waals surface area contributed by atoms with Crippen molar-refractivity contribution in [2.24, 2.45) is 20.5 Å². The molecule has 0 aliphatic heterocycles. The molecule has 0 unspecified atom stereocenters. The van der Waals surface area contributed by atoms with Gasteiger partial charge in [0.05, 0.1) is 24.5 Å². The molecule has 18 nitrogen and oxygen atoms in total. The normalized spacial score (nSPS) is 12.3. The number of aliphatic hydroxyl groups excluding tert-OH is 2. The molecule has 8 N–H and O–H groups in total. The molecule has 48 heavy (non-hydrogen) atoms. The fraction of sp³-hybridized carbons (Fsp3) is 0.179. The van der Waals surface area contributed by atoms with Crippen molar-refractivity contribution in [1.82, 2.24) is 0 Å². The molecule has 0 radical (unpaired) electrons. The van der Waals surface area contributed by atoms with E-state index in [9.17, 15) is 51.2 Å². The first-order valence-electron chi connectivity index (χ1n) is 13.4. The van der Waals surface area contributed by atoms with Crippen molar-refractivity contribution in [2.45, 2.75) is 16.7 Å². The van der Waals surface area contributed by atoms with E-state index in [0.717, 1.165) is 18.2 Å². The highest BCUT2D eigenvalue weighted by atomic mass is 32.2. The van der Waals surface area contributed by atoms with Crippen LogP contribution in [0.15, 0.2) is 78.8 Å². The summed E-state index contributed by atoms with van der Waals surface area (Å²) in [5.74, 6) is -2.39. The highest BCUT2D eigenvalue weighted by Gasteiger charge is 2.25. The maximum Gasteiger partial charge on any atom is 0.337 e. The average Bonchev–Trinajstić information content (AvgIpc) is 3.01. The van der Waals surface area contributed by atoms with Crippen LogP contribution in [0.2, 0.25) is 0 Å². The monoisotopic (exact) mass is 705 g/mol. The van der Waals surface area contributed by atoms with Gasteiger partial charge in [-0.2, -0.15) is 16.8 Å². The van der Waals surface area contributed by atoms with E-state index in [-0.39, 0.29) is 58.1 Å². The SMILES string of the molecule is Cc1ccc(N=Nc2cc(OCCO)c(N=Nc3c(S(=O)(=O)O)cc4cc(S(=O)(=O)O)c(N)cc4c3O)cc2OCCO)c(C(=O)O)c1. The standard InChI is InChI=1S/C28H27N5O13S2/c1-14-2-3-19(17(8-14)28(37)38)30-31-20-12-23(46-7-5-35)21(13-22(20)45-6-4-34)32-33-26-25(48(42,43)44)10-15-9-24(47(39,40)41)18(29)11-16(15)27(26)36/h2-3,8-13,34-36H,4-7,29H2,1H3,(H,37,38)(H,39,40,41)(H,42,43,44). The number of nitrogens with zero attached hydrogens (tertiary/aromatic N) is 4. The molecule has 0 fully saturated rings. The lowest BCUT2D eigenvalue weighted by atomic mass is 10.1. The van der Waals surface area contributed by atoms with E-state index >= 15 is 0 Å². The van der Waals surface area contributed by atoms with Gasteiger partial charge in [0.15, 0.2) is 5.75 Å². The number of hydrogen-bond donors (Lipinski definition) is 7. The number of aryl methyl sites for hydroxylation is 1. The van der Waals surface area contributed by atoms with Gasteiger partial charge in [0.2, 0.25) is 0 Å². The van der Waals surface area contributed by atoms with E-state index < -0.39 is 66.3 Å². The summed E-state index contributed by atoms with van der Waals surface area (Å²) in [7, 11) is -10.0. The Hall–Kier alpha value is -5.25. The fourth-order valence-electron chi connectivity index (χ4n) is 4.26. The summed E-state index contributed by atoms with van der Waals surface area (Å²) < 4.78 is 78.5. The number of nitrogens with two attached hydrogens (primary N) is 1. The van der Waals surface area contributed by atoms with E-state index in [1.807, 2.05) is 0 Å². The first kappa shape index (κ1) is 35.6. The van der Waals surface area contributed by atoms with Crippen LogP contribution in [-0.2, 0) is 20.2 Å². The lowest BCUT2D eigenvalue weighted by Gasteiger charge is -2.13. The van der Waals surface area contributed by atoms with Crippen LogP contribution in [0.5, 0.6) is 17.2 Å². The molecule has 0 amide bonds. The number of rotatable bonds is 13. The number of aromatic hydroxyl groups is 1. The van der Waals surface area contributed by atoms with Crippen LogP contribution in [0.1, 0.15) is 15.9 Å². The second-order valence-corrected chi connectivity index (χ2v) is 12.6. The quantitative estimate of drug-likeness (QED) is 0.0583. The van der Waals surface area contributed by atoms with Gasteiger partial charge in [-0.05, 0) is 42.6 Å². The summed E-state index contributed by atoms with van der Waals surface area (Å²) in [6.45, 7) is 0.239. The molecule has 0 aliphatic rings. The van der Waals surface area contributed by atoms with Crippen molar-refractivity contribution >= 4 is 65.4 Å². The minimum absolute atomic E-state index is 0.00309. The number of aromatic carboxylic acids is 1. The number of carboxylic acids is 1. The van der Waals surface area contributed by atoms with E-state index in [4.69, 9.17) is 15.2 Å². The number of carbonyl (C=O) groups is 1. The number of anilines is 1. The Morgan fingerprint density at radius 3 is 1.81 bits per heavy atom. The Labute approximate surface area is 271 Å². The first-order valence-corrected chi connectivity index (χ1v) is 16.3. The van der Waals surface area contributed by atoms with Gasteiger partial charge in [0, 0.05) is 17.5 Å². The molecule has 0 bridgehead atoms. The van der Waals surface area contributed by atoms with Crippen molar-refractivity contribution in [3.05, 3.63) is 59.7 Å². The molecule has 0 saturated carbocycles. The number of azo groups is 2. The lowest BCUT2D eigenvalue weighted by molar-refractivity contribution is 0.0697. The topological polar surface area (TPSA) is 301 Å². The molecular formula is C28H27N5O13S2. The van der Waals surface area contributed by atoms with Crippen molar-refractivity contribution in [2.75, 3.05) is 32.2 Å². The average molecular weight is 706 g/mol. The molecule has 0 spiro atoms. The third kappa shape index (κ3) is 7.99. The van der Waals surface area contributed by atoms with Crippen LogP contribution < -0.4 is 15.2 Å². The first-order chi connectivity index (χ1) is 22.5. The Kier molecular flexibility index (Phi) is 10.6. The smallest absolute Gasteiger partial charge is 0.337 e. The van der Waals surface area contributed by atoms with Crippen LogP contribution in [0.4, 0.5) is 28.4 Å². The number of aliphatic hydroxyl groups is 2. The Morgan fingerprint density at radius 2 is 1.29 bits per heavy atom. The van der Waals surface area contributed by atoms with Gasteiger partial charge in [-0.25, -0.2) is 4.79 Å². The van der Waals surface area contributed by atoms with E-state index in [1.54, 1.807) is 13.0 Å². The molecular weight excluding hydrogens is 678 g/mol. The van der Waals surface area contributed by atoms with Gasteiger partial charge < -0.3 is 35.6 Å². The van der Waals surface area contributed by atoms with Crippen molar-refractivity contribution in [3.8, 4) is 17.2 Å². The number of phenolic OH excluding ortho intramolecular Hbond substituents is 1. The minimum atomic E-state index is -5.15. The Balaban J connectivity index is 1.91. The summed E-state index contributed by atoms with van der Waals surface area (Å²) in [5.41, 5.74) is 4.67. The van der Waals surface area contributed by atoms with Crippen molar-refractivity contribution in [1.29, 1.82) is 0 Å². The summed E-state index contributed by atoms with van der Waals surface area (Å²) in [4.78, 5) is 9.93. The second kappa shape index (κ2) is 14.3. The van der Waals surface area contributed by atoms with Crippen molar-refractivity contribution in [3.63, 3.8) is 0 Å². The number of carboxylic acid groups (broad SMARTS) is 1. The summed E-state index contributed by atoms with van der Waals surface area (Å²) in [5, 5.41) is 54.6. The number of hydrogen-bond acceptors (Lipinski definition) is 15. The zero-order valence-electron chi connectivity index (χ0n) is 24.7. The minimum Gasteiger partial charge on any atom is -0.505 e. The molecule has 0 saturated heterocycles. The van der Waals surface area contributed by atoms with Crippen LogP contribution in [-0.4, -0.2) is 78.8 Å². The Morgan fingerprint density at radius 1 is 0.771 bits per heavy atom. The van der Waals surface area contributed by atoms with Crippen LogP contribution in [0, 0.1) is 6.92 Å². The molecule has 0 aliphatic carbocycles. The van der Waals surface area contributed by atoms with Gasteiger partial charge in [-0.3, -0.25) is 9.11 Å². The van der Waals surface area contributed by atoms with Gasteiger partial charge in [0.1, 0.15) is 57.3 Å². The summed E-state index contributed by atoms with van der Waals surface area (Å²) >= 11 is 0. The third-order valence-electron chi connectivity index (χ3n) is 6.38. The zero-order valence-corrected chi connectivity index (χ0v) is 26.3. The van der Waals surface area contributed by atoms with E-state index in [2.05, 4.69) is 20.5 Å². The number of nitrogen functional groups attached to an aromatic ring is 1. The molecule has 4 aromatic carbocycles. The second-order valence-electron chi connectivity index (χ2n) is 9.79.